The van der Waals surface area contributed by atoms with E-state index in [1.807, 2.05) is 30.3 Å². The van der Waals surface area contributed by atoms with Crippen molar-refractivity contribution in [2.75, 3.05) is 11.9 Å². The molecule has 0 saturated carbocycles. The van der Waals surface area contributed by atoms with Crippen molar-refractivity contribution in [3.05, 3.63) is 68.4 Å². The average molecular weight is 354 g/mol. The summed E-state index contributed by atoms with van der Waals surface area (Å²) in [6.07, 6.45) is 0. The van der Waals surface area contributed by atoms with Gasteiger partial charge in [0.15, 0.2) is 0 Å². The van der Waals surface area contributed by atoms with E-state index in [9.17, 15) is 14.5 Å². The van der Waals surface area contributed by atoms with E-state index in [-0.39, 0.29) is 21.9 Å². The predicted octanol–water partition coefficient (Wildman–Crippen LogP) is 3.61. The van der Waals surface area contributed by atoms with Crippen molar-refractivity contribution in [2.24, 2.45) is 5.73 Å². The molecule has 0 bridgehead atoms. The van der Waals surface area contributed by atoms with Crippen LogP contribution in [0.1, 0.15) is 11.6 Å². The third-order valence-electron chi connectivity index (χ3n) is 2.98. The summed E-state index contributed by atoms with van der Waals surface area (Å²) >= 11 is 3.01. The SMILES string of the molecule is NC(CNc1cc(Br)c(F)cc1[N+](=O)[O-])c1ccccc1. The van der Waals surface area contributed by atoms with Gasteiger partial charge in [-0.1, -0.05) is 30.3 Å². The van der Waals surface area contributed by atoms with Gasteiger partial charge in [-0.3, -0.25) is 10.1 Å². The van der Waals surface area contributed by atoms with Gasteiger partial charge in [0, 0.05) is 12.6 Å². The van der Waals surface area contributed by atoms with Gasteiger partial charge in [-0.25, -0.2) is 4.39 Å². The van der Waals surface area contributed by atoms with Crippen molar-refractivity contribution in [2.45, 2.75) is 6.04 Å². The fourth-order valence-corrected chi connectivity index (χ4v) is 2.21. The molecule has 5 nitrogen and oxygen atoms in total. The summed E-state index contributed by atoms with van der Waals surface area (Å²) in [4.78, 5) is 10.3. The van der Waals surface area contributed by atoms with E-state index in [4.69, 9.17) is 5.73 Å². The van der Waals surface area contributed by atoms with Crippen LogP contribution in [0.5, 0.6) is 0 Å². The Morgan fingerprint density at radius 3 is 2.62 bits per heavy atom. The van der Waals surface area contributed by atoms with Crippen LogP contribution >= 0.6 is 15.9 Å². The molecule has 2 aromatic rings. The second kappa shape index (κ2) is 6.64. The number of halogens is 2. The summed E-state index contributed by atoms with van der Waals surface area (Å²) < 4.78 is 13.5. The average Bonchev–Trinajstić information content (AvgIpc) is 2.48. The lowest BCUT2D eigenvalue weighted by atomic mass is 10.1. The Balaban J connectivity index is 2.16. The van der Waals surface area contributed by atoms with Crippen LogP contribution in [0, 0.1) is 15.9 Å². The van der Waals surface area contributed by atoms with Crippen LogP contribution in [-0.2, 0) is 0 Å². The first-order valence-electron chi connectivity index (χ1n) is 6.17. The summed E-state index contributed by atoms with van der Waals surface area (Å²) in [5.74, 6) is -0.681. The zero-order valence-electron chi connectivity index (χ0n) is 10.9. The van der Waals surface area contributed by atoms with E-state index in [1.165, 1.54) is 6.07 Å². The van der Waals surface area contributed by atoms with Gasteiger partial charge < -0.3 is 11.1 Å². The Morgan fingerprint density at radius 2 is 2.00 bits per heavy atom. The Kier molecular flexibility index (Phi) is 4.87. The first-order chi connectivity index (χ1) is 9.99. The van der Waals surface area contributed by atoms with Crippen LogP contribution in [0.3, 0.4) is 0 Å². The Morgan fingerprint density at radius 1 is 1.33 bits per heavy atom. The Labute approximate surface area is 129 Å². The topological polar surface area (TPSA) is 81.2 Å². The van der Waals surface area contributed by atoms with E-state index >= 15 is 0 Å². The van der Waals surface area contributed by atoms with Crippen LogP contribution in [-0.4, -0.2) is 11.5 Å². The maximum Gasteiger partial charge on any atom is 0.295 e. The normalized spacial score (nSPS) is 12.0. The number of hydrogen-bond acceptors (Lipinski definition) is 4. The summed E-state index contributed by atoms with van der Waals surface area (Å²) in [5, 5.41) is 13.8. The molecule has 7 heteroatoms. The maximum atomic E-state index is 13.4. The number of nitrogens with one attached hydrogen (secondary N) is 1. The highest BCUT2D eigenvalue weighted by Gasteiger charge is 2.18. The lowest BCUT2D eigenvalue weighted by Crippen LogP contribution is -2.21. The number of hydrogen-bond donors (Lipinski definition) is 2. The largest absolute Gasteiger partial charge is 0.378 e. The molecular weight excluding hydrogens is 341 g/mol. The van der Waals surface area contributed by atoms with Crippen LogP contribution in [0.25, 0.3) is 0 Å². The number of nitro groups is 1. The third-order valence-corrected chi connectivity index (χ3v) is 3.58. The molecule has 0 aliphatic heterocycles. The fourth-order valence-electron chi connectivity index (χ4n) is 1.87. The quantitative estimate of drug-likeness (QED) is 0.635. The second-order valence-electron chi connectivity index (χ2n) is 4.44. The summed E-state index contributed by atoms with van der Waals surface area (Å²) in [6, 6.07) is 11.3. The van der Waals surface area contributed by atoms with Crippen molar-refractivity contribution < 1.29 is 9.31 Å². The van der Waals surface area contributed by atoms with E-state index in [0.29, 0.717) is 6.54 Å². The number of nitrogens with two attached hydrogens (primary N) is 1. The minimum atomic E-state index is -0.681. The van der Waals surface area contributed by atoms with Crippen molar-refractivity contribution >= 4 is 27.3 Å². The molecule has 1 unspecified atom stereocenters. The number of nitro benzene ring substituents is 1. The molecule has 0 aliphatic rings. The molecule has 2 rings (SSSR count). The van der Waals surface area contributed by atoms with Gasteiger partial charge in [-0.15, -0.1) is 0 Å². The molecule has 0 saturated heterocycles. The van der Waals surface area contributed by atoms with Crippen LogP contribution in [0.2, 0.25) is 0 Å². The van der Waals surface area contributed by atoms with Crippen LogP contribution < -0.4 is 11.1 Å². The van der Waals surface area contributed by atoms with Gasteiger partial charge in [-0.2, -0.15) is 0 Å². The molecule has 0 spiro atoms. The molecule has 2 aromatic carbocycles. The van der Waals surface area contributed by atoms with E-state index in [0.717, 1.165) is 11.6 Å². The standard InChI is InChI=1S/C14H13BrFN3O2/c15-10-6-13(14(19(20)21)7-11(10)16)18-8-12(17)9-4-2-1-3-5-9/h1-7,12,18H,8,17H2. The smallest absolute Gasteiger partial charge is 0.295 e. The van der Waals surface area contributed by atoms with E-state index < -0.39 is 10.7 Å². The second-order valence-corrected chi connectivity index (χ2v) is 5.29. The van der Waals surface area contributed by atoms with Gasteiger partial charge in [0.2, 0.25) is 0 Å². The molecule has 0 aliphatic carbocycles. The molecule has 0 amide bonds. The van der Waals surface area contributed by atoms with Crippen LogP contribution in [0.4, 0.5) is 15.8 Å². The predicted molar refractivity (Wildman–Crippen MR) is 82.6 cm³/mol. The first-order valence-corrected chi connectivity index (χ1v) is 6.96. The Hall–Kier alpha value is -1.99. The monoisotopic (exact) mass is 353 g/mol. The van der Waals surface area contributed by atoms with E-state index in [2.05, 4.69) is 21.2 Å². The number of nitrogens with zero attached hydrogens (tertiary/aromatic N) is 1. The molecule has 0 aromatic heterocycles. The van der Waals surface area contributed by atoms with Crippen molar-refractivity contribution in [3.8, 4) is 0 Å². The molecular formula is C14H13BrFN3O2. The molecule has 110 valence electrons. The van der Waals surface area contributed by atoms with Crippen molar-refractivity contribution in [1.29, 1.82) is 0 Å². The zero-order valence-corrected chi connectivity index (χ0v) is 12.5. The highest BCUT2D eigenvalue weighted by atomic mass is 79.9. The summed E-state index contributed by atoms with van der Waals surface area (Å²) in [6.45, 7) is 0.295. The summed E-state index contributed by atoms with van der Waals surface area (Å²) in [5.41, 5.74) is 6.83. The molecule has 0 fully saturated rings. The zero-order chi connectivity index (χ0) is 15.4. The minimum absolute atomic E-state index is 0.156. The highest BCUT2D eigenvalue weighted by molar-refractivity contribution is 9.10. The van der Waals surface area contributed by atoms with Gasteiger partial charge in [-0.05, 0) is 27.6 Å². The molecule has 0 radical (unpaired) electrons. The lowest BCUT2D eigenvalue weighted by molar-refractivity contribution is -0.384. The Bertz CT molecular complexity index is 652. The van der Waals surface area contributed by atoms with Gasteiger partial charge in [0.25, 0.3) is 5.69 Å². The third kappa shape index (κ3) is 3.77. The highest BCUT2D eigenvalue weighted by Crippen LogP contribution is 2.30. The van der Waals surface area contributed by atoms with Crippen LogP contribution in [0.15, 0.2) is 46.9 Å². The molecule has 3 N–H and O–H groups in total. The van der Waals surface area contributed by atoms with Crippen molar-refractivity contribution in [3.63, 3.8) is 0 Å². The van der Waals surface area contributed by atoms with Gasteiger partial charge >= 0.3 is 0 Å². The number of rotatable bonds is 5. The van der Waals surface area contributed by atoms with E-state index in [1.54, 1.807) is 0 Å². The fraction of sp³-hybridized carbons (Fsp3) is 0.143. The number of benzene rings is 2. The lowest BCUT2D eigenvalue weighted by Gasteiger charge is -2.14. The minimum Gasteiger partial charge on any atom is -0.378 e. The summed E-state index contributed by atoms with van der Waals surface area (Å²) in [7, 11) is 0. The van der Waals surface area contributed by atoms with Gasteiger partial charge in [0.05, 0.1) is 15.5 Å². The molecule has 21 heavy (non-hydrogen) atoms. The van der Waals surface area contributed by atoms with Gasteiger partial charge in [0.1, 0.15) is 11.5 Å². The maximum absolute atomic E-state index is 13.4. The number of anilines is 1. The first kappa shape index (κ1) is 15.4. The molecule has 0 heterocycles. The van der Waals surface area contributed by atoms with Crippen molar-refractivity contribution in [1.82, 2.24) is 0 Å². The molecule has 1 atom stereocenters.